The van der Waals surface area contributed by atoms with Crippen LogP contribution in [0.2, 0.25) is 0 Å². The number of allylic oxidation sites excluding steroid dienone is 1. The van der Waals surface area contributed by atoms with Crippen molar-refractivity contribution in [2.75, 3.05) is 27.7 Å². The summed E-state index contributed by atoms with van der Waals surface area (Å²) in [6.45, 7) is 0.506. The fraction of sp³-hybridized carbons (Fsp3) is 0.500. The zero-order valence-corrected chi connectivity index (χ0v) is 7.83. The molecule has 0 aromatic heterocycles. The summed E-state index contributed by atoms with van der Waals surface area (Å²) in [6.07, 6.45) is 5.28. The average molecular weight is 168 g/mol. The first kappa shape index (κ1) is 10.8. The molecule has 0 aliphatic rings. The van der Waals surface area contributed by atoms with E-state index in [2.05, 4.69) is 10.3 Å². The smallest absolute Gasteiger partial charge is 0.134 e. The Morgan fingerprint density at radius 2 is 2.25 bits per heavy atom. The summed E-state index contributed by atoms with van der Waals surface area (Å²) in [5, 5.41) is 10.1. The van der Waals surface area contributed by atoms with Crippen molar-refractivity contribution in [1.82, 2.24) is 10.2 Å². The van der Waals surface area contributed by atoms with Gasteiger partial charge in [0.1, 0.15) is 5.84 Å². The SMILES string of the molecule is CNCC(=N)N=C/C=C/N(C)C. The first-order chi connectivity index (χ1) is 5.66. The summed E-state index contributed by atoms with van der Waals surface area (Å²) in [6, 6.07) is 0. The molecule has 0 amide bonds. The number of nitrogens with zero attached hydrogens (tertiary/aromatic N) is 2. The maximum absolute atomic E-state index is 7.27. The first-order valence-corrected chi connectivity index (χ1v) is 3.76. The van der Waals surface area contributed by atoms with E-state index in [1.165, 1.54) is 0 Å². The molecule has 4 nitrogen and oxygen atoms in total. The zero-order valence-electron chi connectivity index (χ0n) is 7.83. The van der Waals surface area contributed by atoms with Gasteiger partial charge in [-0.15, -0.1) is 0 Å². The predicted octanol–water partition coefficient (Wildman–Crippen LogP) is 0.329. The van der Waals surface area contributed by atoms with Crippen LogP contribution in [0.1, 0.15) is 0 Å². The average Bonchev–Trinajstić information content (AvgIpc) is 1.98. The number of hydrogen-bond acceptors (Lipinski definition) is 3. The predicted molar refractivity (Wildman–Crippen MR) is 53.0 cm³/mol. The Kier molecular flexibility index (Phi) is 5.91. The molecule has 0 spiro atoms. The highest BCUT2D eigenvalue weighted by Gasteiger charge is 1.85. The largest absolute Gasteiger partial charge is 0.383 e. The van der Waals surface area contributed by atoms with Gasteiger partial charge in [0.15, 0.2) is 0 Å². The lowest BCUT2D eigenvalue weighted by atomic mass is 10.5. The highest BCUT2D eigenvalue weighted by molar-refractivity contribution is 5.91. The second-order valence-electron chi connectivity index (χ2n) is 2.56. The van der Waals surface area contributed by atoms with E-state index in [9.17, 15) is 0 Å². The van der Waals surface area contributed by atoms with E-state index in [-0.39, 0.29) is 0 Å². The van der Waals surface area contributed by atoms with Gasteiger partial charge in [0.2, 0.25) is 0 Å². The Morgan fingerprint density at radius 1 is 1.58 bits per heavy atom. The van der Waals surface area contributed by atoms with Crippen molar-refractivity contribution in [1.29, 1.82) is 5.41 Å². The van der Waals surface area contributed by atoms with Crippen molar-refractivity contribution in [3.8, 4) is 0 Å². The molecule has 0 fully saturated rings. The van der Waals surface area contributed by atoms with Crippen LogP contribution in [0.25, 0.3) is 0 Å². The number of nitrogens with one attached hydrogen (secondary N) is 2. The molecule has 0 aromatic carbocycles. The van der Waals surface area contributed by atoms with Crippen LogP contribution in [-0.4, -0.2) is 44.6 Å². The van der Waals surface area contributed by atoms with Crippen LogP contribution in [0, 0.1) is 5.41 Å². The van der Waals surface area contributed by atoms with Crippen molar-refractivity contribution < 1.29 is 0 Å². The van der Waals surface area contributed by atoms with Gasteiger partial charge in [0.25, 0.3) is 0 Å². The minimum Gasteiger partial charge on any atom is -0.383 e. The number of amidine groups is 1. The van der Waals surface area contributed by atoms with Gasteiger partial charge in [-0.05, 0) is 13.1 Å². The summed E-state index contributed by atoms with van der Waals surface area (Å²) in [5.74, 6) is 0.334. The molecule has 12 heavy (non-hydrogen) atoms. The summed E-state index contributed by atoms with van der Waals surface area (Å²) in [7, 11) is 5.66. The summed E-state index contributed by atoms with van der Waals surface area (Å²) in [5.41, 5.74) is 0. The Labute approximate surface area is 73.5 Å². The van der Waals surface area contributed by atoms with Crippen LogP contribution >= 0.6 is 0 Å². The lowest BCUT2D eigenvalue weighted by molar-refractivity contribution is 0.564. The van der Waals surface area contributed by atoms with Gasteiger partial charge in [0, 0.05) is 26.5 Å². The Hall–Kier alpha value is -1.16. The van der Waals surface area contributed by atoms with Gasteiger partial charge >= 0.3 is 0 Å². The van der Waals surface area contributed by atoms with Crippen molar-refractivity contribution in [3.05, 3.63) is 12.3 Å². The van der Waals surface area contributed by atoms with Gasteiger partial charge in [-0.25, -0.2) is 4.99 Å². The Morgan fingerprint density at radius 3 is 2.75 bits per heavy atom. The van der Waals surface area contributed by atoms with E-state index in [0.29, 0.717) is 12.4 Å². The third kappa shape index (κ3) is 6.95. The molecule has 68 valence electrons. The van der Waals surface area contributed by atoms with Crippen LogP contribution in [0.4, 0.5) is 0 Å². The van der Waals surface area contributed by atoms with E-state index in [1.807, 2.05) is 25.2 Å². The monoisotopic (exact) mass is 168 g/mol. The first-order valence-electron chi connectivity index (χ1n) is 3.76. The third-order valence-electron chi connectivity index (χ3n) is 1.04. The molecule has 0 rings (SSSR count). The Bertz CT molecular complexity index is 181. The normalized spacial score (nSPS) is 11.2. The van der Waals surface area contributed by atoms with Crippen molar-refractivity contribution in [2.45, 2.75) is 0 Å². The van der Waals surface area contributed by atoms with Crippen LogP contribution in [0.3, 0.4) is 0 Å². The molecule has 0 atom stereocenters. The maximum atomic E-state index is 7.27. The highest BCUT2D eigenvalue weighted by atomic mass is 15.0. The number of likely N-dealkylation sites (N-methyl/N-ethyl adjacent to an activating group) is 1. The van der Waals surface area contributed by atoms with Crippen molar-refractivity contribution in [2.24, 2.45) is 4.99 Å². The van der Waals surface area contributed by atoms with E-state index < -0.39 is 0 Å². The standard InChI is InChI=1S/C8H16N4/c1-10-7-8(9)11-5-4-6-12(2)3/h4-6,9-10H,7H2,1-3H3/b6-4+,9-8?,11-5?. The summed E-state index contributed by atoms with van der Waals surface area (Å²) >= 11 is 0. The molecule has 0 unspecified atom stereocenters. The van der Waals surface area contributed by atoms with E-state index in [4.69, 9.17) is 5.41 Å². The second-order valence-corrected chi connectivity index (χ2v) is 2.56. The lowest BCUT2D eigenvalue weighted by Crippen LogP contribution is -2.15. The van der Waals surface area contributed by atoms with E-state index in [1.54, 1.807) is 19.3 Å². The van der Waals surface area contributed by atoms with Crippen LogP contribution in [0.5, 0.6) is 0 Å². The van der Waals surface area contributed by atoms with Crippen LogP contribution < -0.4 is 5.32 Å². The van der Waals surface area contributed by atoms with Crippen LogP contribution in [0.15, 0.2) is 17.3 Å². The number of hydrogen-bond donors (Lipinski definition) is 2. The Balaban J connectivity index is 3.68. The quantitative estimate of drug-likeness (QED) is 0.469. The third-order valence-corrected chi connectivity index (χ3v) is 1.04. The molecule has 0 radical (unpaired) electrons. The van der Waals surface area contributed by atoms with Crippen molar-refractivity contribution in [3.63, 3.8) is 0 Å². The van der Waals surface area contributed by atoms with Gasteiger partial charge in [-0.1, -0.05) is 0 Å². The van der Waals surface area contributed by atoms with E-state index in [0.717, 1.165) is 0 Å². The molecule has 0 saturated heterocycles. The minimum absolute atomic E-state index is 0.334. The second kappa shape index (κ2) is 6.54. The fourth-order valence-electron chi connectivity index (χ4n) is 0.557. The van der Waals surface area contributed by atoms with Gasteiger partial charge in [-0.2, -0.15) is 0 Å². The molecule has 0 aliphatic carbocycles. The minimum atomic E-state index is 0.334. The molecule has 4 heteroatoms. The molecule has 0 aromatic rings. The zero-order chi connectivity index (χ0) is 9.40. The molecule has 0 saturated carbocycles. The maximum Gasteiger partial charge on any atom is 0.134 e. The molecular weight excluding hydrogens is 152 g/mol. The summed E-state index contributed by atoms with van der Waals surface area (Å²) < 4.78 is 0. The lowest BCUT2D eigenvalue weighted by Gasteiger charge is -2.00. The fourth-order valence-corrected chi connectivity index (χ4v) is 0.557. The molecule has 2 N–H and O–H groups in total. The molecule has 0 heterocycles. The molecule has 0 aliphatic heterocycles. The van der Waals surface area contributed by atoms with Gasteiger partial charge in [-0.3, -0.25) is 5.41 Å². The topological polar surface area (TPSA) is 51.5 Å². The van der Waals surface area contributed by atoms with Crippen molar-refractivity contribution >= 4 is 12.1 Å². The number of rotatable bonds is 4. The van der Waals surface area contributed by atoms with E-state index >= 15 is 0 Å². The van der Waals surface area contributed by atoms with Crippen LogP contribution in [-0.2, 0) is 0 Å². The number of aliphatic imine (C=N–C) groups is 1. The summed E-state index contributed by atoms with van der Waals surface area (Å²) in [4.78, 5) is 5.78. The van der Waals surface area contributed by atoms with Gasteiger partial charge < -0.3 is 10.2 Å². The van der Waals surface area contributed by atoms with Gasteiger partial charge in [0.05, 0.1) is 6.54 Å². The molecular formula is C8H16N4. The highest BCUT2D eigenvalue weighted by Crippen LogP contribution is 1.76. The molecule has 0 bridgehead atoms.